The first-order chi connectivity index (χ1) is 13.9. The van der Waals surface area contributed by atoms with Gasteiger partial charge in [0.25, 0.3) is 0 Å². The number of amides is 1. The van der Waals surface area contributed by atoms with Crippen molar-refractivity contribution in [3.63, 3.8) is 0 Å². The number of ether oxygens (including phenoxy) is 3. The van der Waals surface area contributed by atoms with Crippen LogP contribution in [0.15, 0.2) is 23.2 Å². The number of nitrogens with zero attached hydrogens (tertiary/aromatic N) is 2. The predicted molar refractivity (Wildman–Crippen MR) is 112 cm³/mol. The third kappa shape index (κ3) is 5.92. The molecule has 8 nitrogen and oxygen atoms in total. The Morgan fingerprint density at radius 1 is 1.31 bits per heavy atom. The molecule has 1 saturated heterocycles. The largest absolute Gasteiger partial charge is 0.490 e. The molecule has 1 amide bonds. The van der Waals surface area contributed by atoms with Crippen LogP contribution in [0.3, 0.4) is 0 Å². The third-order valence-electron chi connectivity index (χ3n) is 4.71. The van der Waals surface area contributed by atoms with Crippen molar-refractivity contribution in [1.82, 2.24) is 15.5 Å². The molecule has 0 aliphatic carbocycles. The Morgan fingerprint density at radius 3 is 2.86 bits per heavy atom. The SMILES string of the molecule is CN=C(NCc1cccc2c1OCCCO2)N1CC[C@@H](NC(=O)OC(C)(C)C)C1. The fraction of sp³-hybridized carbons (Fsp3) is 0.619. The Morgan fingerprint density at radius 2 is 2.10 bits per heavy atom. The molecule has 160 valence electrons. The number of fused-ring (bicyclic) bond motifs is 1. The number of alkyl carbamates (subject to hydrolysis) is 1. The molecule has 1 atom stereocenters. The molecule has 0 bridgehead atoms. The minimum atomic E-state index is -0.501. The van der Waals surface area contributed by atoms with E-state index in [2.05, 4.69) is 20.5 Å². The fourth-order valence-corrected chi connectivity index (χ4v) is 3.44. The zero-order valence-electron chi connectivity index (χ0n) is 17.8. The molecule has 2 aliphatic heterocycles. The van der Waals surface area contributed by atoms with Crippen LogP contribution in [0.4, 0.5) is 4.79 Å². The minimum absolute atomic E-state index is 0.0353. The number of carbonyl (C=O) groups is 1. The number of aliphatic imine (C=N–C) groups is 1. The normalized spacial score (nSPS) is 19.5. The van der Waals surface area contributed by atoms with Gasteiger partial charge in [-0.1, -0.05) is 12.1 Å². The van der Waals surface area contributed by atoms with Gasteiger partial charge in [-0.15, -0.1) is 0 Å². The summed E-state index contributed by atoms with van der Waals surface area (Å²) in [6.07, 6.45) is 1.34. The predicted octanol–water partition coefficient (Wildman–Crippen LogP) is 2.52. The van der Waals surface area contributed by atoms with Crippen molar-refractivity contribution >= 4 is 12.1 Å². The second kappa shape index (κ2) is 9.24. The number of hydrogen-bond acceptors (Lipinski definition) is 5. The van der Waals surface area contributed by atoms with Crippen LogP contribution in [0.5, 0.6) is 11.5 Å². The number of nitrogens with one attached hydrogen (secondary N) is 2. The monoisotopic (exact) mass is 404 g/mol. The lowest BCUT2D eigenvalue weighted by Gasteiger charge is -2.23. The maximum absolute atomic E-state index is 12.0. The van der Waals surface area contributed by atoms with Crippen molar-refractivity contribution in [3.05, 3.63) is 23.8 Å². The van der Waals surface area contributed by atoms with Crippen molar-refractivity contribution in [2.45, 2.75) is 51.8 Å². The van der Waals surface area contributed by atoms with Crippen molar-refractivity contribution in [2.24, 2.45) is 4.99 Å². The molecule has 2 heterocycles. The van der Waals surface area contributed by atoms with E-state index >= 15 is 0 Å². The molecule has 0 saturated carbocycles. The highest BCUT2D eigenvalue weighted by Gasteiger charge is 2.28. The van der Waals surface area contributed by atoms with Gasteiger partial charge in [-0.3, -0.25) is 4.99 Å². The summed E-state index contributed by atoms with van der Waals surface area (Å²) in [5.74, 6) is 2.39. The van der Waals surface area contributed by atoms with Crippen molar-refractivity contribution in [3.8, 4) is 11.5 Å². The molecule has 29 heavy (non-hydrogen) atoms. The number of para-hydroxylation sites is 1. The van der Waals surface area contributed by atoms with E-state index in [4.69, 9.17) is 14.2 Å². The molecule has 0 unspecified atom stereocenters. The summed E-state index contributed by atoms with van der Waals surface area (Å²) in [4.78, 5) is 18.6. The number of carbonyl (C=O) groups excluding carboxylic acids is 1. The van der Waals surface area contributed by atoms with E-state index in [0.717, 1.165) is 42.4 Å². The van der Waals surface area contributed by atoms with Gasteiger partial charge in [0.2, 0.25) is 0 Å². The summed E-state index contributed by atoms with van der Waals surface area (Å²) < 4.78 is 17.0. The molecule has 1 aromatic rings. The molecule has 1 aromatic carbocycles. The molecule has 0 radical (unpaired) electrons. The van der Waals surface area contributed by atoms with Crippen molar-refractivity contribution < 1.29 is 19.0 Å². The first kappa shape index (κ1) is 21.1. The summed E-state index contributed by atoms with van der Waals surface area (Å²) in [5.41, 5.74) is 0.535. The Balaban J connectivity index is 1.55. The maximum atomic E-state index is 12.0. The van der Waals surface area contributed by atoms with Crippen LogP contribution < -0.4 is 20.1 Å². The number of guanidine groups is 1. The van der Waals surface area contributed by atoms with Gasteiger partial charge in [-0.05, 0) is 33.3 Å². The summed E-state index contributed by atoms with van der Waals surface area (Å²) in [7, 11) is 1.77. The van der Waals surface area contributed by atoms with E-state index < -0.39 is 5.60 Å². The molecule has 1 fully saturated rings. The number of benzene rings is 1. The van der Waals surface area contributed by atoms with E-state index in [0.29, 0.717) is 26.3 Å². The molecule has 0 spiro atoms. The van der Waals surface area contributed by atoms with Crippen molar-refractivity contribution in [1.29, 1.82) is 0 Å². The summed E-state index contributed by atoms with van der Waals surface area (Å²) >= 11 is 0. The molecular formula is C21H32N4O4. The Bertz CT molecular complexity index is 745. The first-order valence-electron chi connectivity index (χ1n) is 10.2. The Hall–Kier alpha value is -2.64. The standard InChI is InChI=1S/C21H32N4O4/c1-21(2,3)29-20(26)24-16-9-10-25(14-16)19(22-4)23-13-15-7-5-8-17-18(15)28-12-6-11-27-17/h5,7-8,16H,6,9-14H2,1-4H3,(H,22,23)(H,24,26)/t16-/m1/s1. The Kier molecular flexibility index (Phi) is 6.71. The average Bonchev–Trinajstić information content (AvgIpc) is 2.96. The van der Waals surface area contributed by atoms with Gasteiger partial charge >= 0.3 is 6.09 Å². The lowest BCUT2D eigenvalue weighted by molar-refractivity contribution is 0.0507. The smallest absolute Gasteiger partial charge is 0.407 e. The van der Waals surface area contributed by atoms with Crippen LogP contribution in [0.2, 0.25) is 0 Å². The zero-order valence-corrected chi connectivity index (χ0v) is 17.8. The van der Waals surface area contributed by atoms with Gasteiger partial charge < -0.3 is 29.7 Å². The highest BCUT2D eigenvalue weighted by atomic mass is 16.6. The van der Waals surface area contributed by atoms with Gasteiger partial charge in [-0.2, -0.15) is 0 Å². The van der Waals surface area contributed by atoms with Crippen LogP contribution in [0.25, 0.3) is 0 Å². The first-order valence-corrected chi connectivity index (χ1v) is 10.2. The van der Waals surface area contributed by atoms with Crippen molar-refractivity contribution in [2.75, 3.05) is 33.4 Å². The number of hydrogen-bond donors (Lipinski definition) is 2. The molecule has 3 rings (SSSR count). The van der Waals surface area contributed by atoms with E-state index in [1.54, 1.807) is 7.05 Å². The summed E-state index contributed by atoms with van der Waals surface area (Å²) in [5, 5.41) is 6.35. The van der Waals surface area contributed by atoms with Crippen LogP contribution in [0, 0.1) is 0 Å². The van der Waals surface area contributed by atoms with E-state index in [-0.39, 0.29) is 12.1 Å². The van der Waals surface area contributed by atoms with Crippen LogP contribution in [0.1, 0.15) is 39.2 Å². The summed E-state index contributed by atoms with van der Waals surface area (Å²) in [6.45, 7) is 8.99. The molecule has 2 N–H and O–H groups in total. The minimum Gasteiger partial charge on any atom is -0.490 e. The molecular weight excluding hydrogens is 372 g/mol. The number of likely N-dealkylation sites (tertiary alicyclic amines) is 1. The fourth-order valence-electron chi connectivity index (χ4n) is 3.44. The van der Waals surface area contributed by atoms with Gasteiger partial charge in [0.05, 0.1) is 19.3 Å². The second-order valence-corrected chi connectivity index (χ2v) is 8.27. The third-order valence-corrected chi connectivity index (χ3v) is 4.71. The Labute approximate surface area is 172 Å². The topological polar surface area (TPSA) is 84.4 Å². The summed E-state index contributed by atoms with van der Waals surface area (Å²) in [6, 6.07) is 5.98. The van der Waals surface area contributed by atoms with Gasteiger partial charge in [0.1, 0.15) is 5.60 Å². The second-order valence-electron chi connectivity index (χ2n) is 8.27. The lowest BCUT2D eigenvalue weighted by atomic mass is 10.2. The van der Waals surface area contributed by atoms with E-state index in [1.807, 2.05) is 39.0 Å². The lowest BCUT2D eigenvalue weighted by Crippen LogP contribution is -2.44. The zero-order chi connectivity index (χ0) is 20.9. The average molecular weight is 405 g/mol. The van der Waals surface area contributed by atoms with Crippen LogP contribution in [-0.2, 0) is 11.3 Å². The van der Waals surface area contributed by atoms with Crippen LogP contribution in [-0.4, -0.2) is 61.9 Å². The van der Waals surface area contributed by atoms with Crippen LogP contribution >= 0.6 is 0 Å². The highest BCUT2D eigenvalue weighted by molar-refractivity contribution is 5.80. The molecule has 8 heteroatoms. The van der Waals surface area contributed by atoms with E-state index in [1.165, 1.54) is 0 Å². The molecule has 0 aromatic heterocycles. The van der Waals surface area contributed by atoms with Gasteiger partial charge in [0, 0.05) is 38.7 Å². The quantitative estimate of drug-likeness (QED) is 0.595. The maximum Gasteiger partial charge on any atom is 0.407 e. The molecule has 2 aliphatic rings. The van der Waals surface area contributed by atoms with E-state index in [9.17, 15) is 4.79 Å². The number of rotatable bonds is 3. The van der Waals surface area contributed by atoms with Gasteiger partial charge in [0.15, 0.2) is 17.5 Å². The highest BCUT2D eigenvalue weighted by Crippen LogP contribution is 2.33. The van der Waals surface area contributed by atoms with Gasteiger partial charge in [-0.25, -0.2) is 4.79 Å².